The molecule has 1 saturated carbocycles. The summed E-state index contributed by atoms with van der Waals surface area (Å²) in [5, 5.41) is 0. The van der Waals surface area contributed by atoms with Gasteiger partial charge in [0.05, 0.1) is 5.60 Å². The summed E-state index contributed by atoms with van der Waals surface area (Å²) in [6, 6.07) is 0. The lowest BCUT2D eigenvalue weighted by molar-refractivity contribution is -0.141. The van der Waals surface area contributed by atoms with Crippen LogP contribution in [-0.2, 0) is 14.3 Å². The average Bonchev–Trinajstić information content (AvgIpc) is 2.65. The molecule has 3 fully saturated rings. The van der Waals surface area contributed by atoms with Gasteiger partial charge in [-0.3, -0.25) is 0 Å². The van der Waals surface area contributed by atoms with Crippen LogP contribution in [0.15, 0.2) is 23.8 Å². The molecule has 0 radical (unpaired) electrons. The quantitative estimate of drug-likeness (QED) is 0.285. The van der Waals surface area contributed by atoms with Gasteiger partial charge in [0.1, 0.15) is 11.7 Å². The first-order chi connectivity index (χ1) is 8.48. The number of ether oxygens (including phenoxy) is 2. The van der Waals surface area contributed by atoms with Crippen molar-refractivity contribution in [2.45, 2.75) is 50.4 Å². The smallest absolute Gasteiger partial charge is 0.334 e. The second kappa shape index (κ2) is 2.90. The molecule has 0 bridgehead atoms. The Morgan fingerprint density at radius 2 is 2.28 bits per heavy atom. The van der Waals surface area contributed by atoms with Crippen molar-refractivity contribution in [1.29, 1.82) is 0 Å². The Kier molecular flexibility index (Phi) is 1.74. The molecule has 4 aliphatic rings. The minimum absolute atomic E-state index is 0.0248. The third-order valence-corrected chi connectivity index (χ3v) is 5.59. The van der Waals surface area contributed by atoms with E-state index in [1.54, 1.807) is 0 Å². The fourth-order valence-electron chi connectivity index (χ4n) is 4.45. The van der Waals surface area contributed by atoms with Crippen LogP contribution >= 0.6 is 0 Å². The van der Waals surface area contributed by atoms with Crippen molar-refractivity contribution in [3.8, 4) is 0 Å². The van der Waals surface area contributed by atoms with Gasteiger partial charge < -0.3 is 9.47 Å². The Labute approximate surface area is 107 Å². The number of hydrogen-bond acceptors (Lipinski definition) is 3. The van der Waals surface area contributed by atoms with Crippen LogP contribution in [0.25, 0.3) is 0 Å². The SMILES string of the molecule is C=C1C(=O)O[C@@H]2[C@H]3C(C)=CC[C@@]34O[C@]4(C)CC[C@@H]12. The molecule has 2 aliphatic heterocycles. The Morgan fingerprint density at radius 1 is 1.50 bits per heavy atom. The second-order valence-electron chi connectivity index (χ2n) is 6.39. The summed E-state index contributed by atoms with van der Waals surface area (Å²) in [5.41, 5.74) is 1.86. The predicted molar refractivity (Wildman–Crippen MR) is 65.8 cm³/mol. The van der Waals surface area contributed by atoms with Crippen molar-refractivity contribution < 1.29 is 14.3 Å². The van der Waals surface area contributed by atoms with Gasteiger partial charge >= 0.3 is 5.97 Å². The highest BCUT2D eigenvalue weighted by molar-refractivity contribution is 5.91. The van der Waals surface area contributed by atoms with Crippen LogP contribution in [0.4, 0.5) is 0 Å². The Bertz CT molecular complexity index is 506. The summed E-state index contributed by atoms with van der Waals surface area (Å²) in [5.74, 6) is 0.219. The maximum absolute atomic E-state index is 11.8. The highest BCUT2D eigenvalue weighted by Gasteiger charge is 2.75. The van der Waals surface area contributed by atoms with Crippen LogP contribution in [0.2, 0.25) is 0 Å². The fraction of sp³-hybridized carbons (Fsp3) is 0.667. The predicted octanol–water partition coefficient (Wildman–Crippen LogP) is 2.37. The van der Waals surface area contributed by atoms with E-state index in [1.807, 2.05) is 0 Å². The number of fused-ring (bicyclic) bond motifs is 2. The lowest BCUT2D eigenvalue weighted by Crippen LogP contribution is -2.37. The molecule has 3 nitrogen and oxygen atoms in total. The molecule has 0 aromatic carbocycles. The van der Waals surface area contributed by atoms with Crippen molar-refractivity contribution in [3.05, 3.63) is 23.8 Å². The minimum atomic E-state index is -0.205. The number of carbonyl (C=O) groups excluding carboxylic acids is 1. The van der Waals surface area contributed by atoms with E-state index in [0.29, 0.717) is 5.57 Å². The first kappa shape index (κ1) is 10.8. The van der Waals surface area contributed by atoms with Gasteiger partial charge in [0.2, 0.25) is 0 Å². The molecular formula is C15H18O3. The van der Waals surface area contributed by atoms with E-state index < -0.39 is 0 Å². The minimum Gasteiger partial charge on any atom is -0.458 e. The first-order valence-corrected chi connectivity index (χ1v) is 6.75. The van der Waals surface area contributed by atoms with Crippen LogP contribution < -0.4 is 0 Å². The molecule has 0 aromatic heterocycles. The van der Waals surface area contributed by atoms with Crippen LogP contribution in [-0.4, -0.2) is 23.3 Å². The molecule has 2 heterocycles. The fourth-order valence-corrected chi connectivity index (χ4v) is 4.45. The van der Waals surface area contributed by atoms with E-state index in [9.17, 15) is 4.79 Å². The first-order valence-electron chi connectivity index (χ1n) is 6.75. The Morgan fingerprint density at radius 3 is 3.06 bits per heavy atom. The van der Waals surface area contributed by atoms with E-state index in [1.165, 1.54) is 5.57 Å². The van der Waals surface area contributed by atoms with Gasteiger partial charge in [-0.1, -0.05) is 18.2 Å². The van der Waals surface area contributed by atoms with Crippen molar-refractivity contribution in [2.24, 2.45) is 11.8 Å². The van der Waals surface area contributed by atoms with Crippen molar-refractivity contribution in [1.82, 2.24) is 0 Å². The number of epoxide rings is 1. The van der Waals surface area contributed by atoms with E-state index in [2.05, 4.69) is 26.5 Å². The second-order valence-corrected chi connectivity index (χ2v) is 6.39. The summed E-state index contributed by atoms with van der Waals surface area (Å²) in [6.45, 7) is 8.27. The molecule has 2 saturated heterocycles. The molecule has 4 rings (SSSR count). The summed E-state index contributed by atoms with van der Waals surface area (Å²) < 4.78 is 11.8. The number of esters is 1. The average molecular weight is 246 g/mol. The van der Waals surface area contributed by atoms with E-state index in [0.717, 1.165) is 19.3 Å². The van der Waals surface area contributed by atoms with E-state index in [-0.39, 0.29) is 35.1 Å². The molecule has 0 unspecified atom stereocenters. The molecule has 0 N–H and O–H groups in total. The lowest BCUT2D eigenvalue weighted by atomic mass is 9.78. The molecule has 2 aliphatic carbocycles. The normalized spacial score (nSPS) is 53.0. The van der Waals surface area contributed by atoms with Gasteiger partial charge in [-0.2, -0.15) is 0 Å². The molecule has 5 atom stereocenters. The van der Waals surface area contributed by atoms with E-state index >= 15 is 0 Å². The van der Waals surface area contributed by atoms with Crippen molar-refractivity contribution >= 4 is 5.97 Å². The highest BCUT2D eigenvalue weighted by Crippen LogP contribution is 2.67. The third kappa shape index (κ3) is 0.993. The Hall–Kier alpha value is -1.09. The zero-order valence-corrected chi connectivity index (χ0v) is 10.9. The highest BCUT2D eigenvalue weighted by atomic mass is 16.6. The summed E-state index contributed by atoms with van der Waals surface area (Å²) in [4.78, 5) is 11.8. The van der Waals surface area contributed by atoms with Gasteiger partial charge in [0.25, 0.3) is 0 Å². The molecule has 0 amide bonds. The third-order valence-electron chi connectivity index (χ3n) is 5.59. The molecule has 0 aromatic rings. The van der Waals surface area contributed by atoms with Gasteiger partial charge in [-0.25, -0.2) is 4.79 Å². The van der Waals surface area contributed by atoms with Gasteiger partial charge in [0, 0.05) is 17.4 Å². The number of rotatable bonds is 0. The van der Waals surface area contributed by atoms with Gasteiger partial charge in [0.15, 0.2) is 0 Å². The molecule has 18 heavy (non-hydrogen) atoms. The molecule has 3 heteroatoms. The monoisotopic (exact) mass is 246 g/mol. The lowest BCUT2D eigenvalue weighted by Gasteiger charge is -2.26. The van der Waals surface area contributed by atoms with Crippen LogP contribution in [0.5, 0.6) is 0 Å². The summed E-state index contributed by atoms with van der Waals surface area (Å²) >= 11 is 0. The van der Waals surface area contributed by atoms with Crippen LogP contribution in [0, 0.1) is 11.8 Å². The maximum atomic E-state index is 11.8. The van der Waals surface area contributed by atoms with Gasteiger partial charge in [-0.15, -0.1) is 0 Å². The summed E-state index contributed by atoms with van der Waals surface area (Å²) in [7, 11) is 0. The van der Waals surface area contributed by atoms with Crippen molar-refractivity contribution in [2.75, 3.05) is 0 Å². The van der Waals surface area contributed by atoms with E-state index in [4.69, 9.17) is 9.47 Å². The zero-order chi connectivity index (χ0) is 12.7. The number of carbonyl (C=O) groups is 1. The zero-order valence-electron chi connectivity index (χ0n) is 10.9. The largest absolute Gasteiger partial charge is 0.458 e. The van der Waals surface area contributed by atoms with Gasteiger partial charge in [-0.05, 0) is 33.1 Å². The maximum Gasteiger partial charge on any atom is 0.334 e. The standard InChI is InChI=1S/C15H18O3/c1-8-4-7-15-11(8)12-10(9(2)13(16)17-12)5-6-14(15,3)18-15/h4,10-12H,2,5-7H2,1,3H3/t10-,11+,12-,14+,15+/m0/s1. The molecular weight excluding hydrogens is 228 g/mol. The molecule has 1 spiro atoms. The van der Waals surface area contributed by atoms with Crippen molar-refractivity contribution in [3.63, 3.8) is 0 Å². The molecule has 96 valence electrons. The topological polar surface area (TPSA) is 38.8 Å². The number of hydrogen-bond donors (Lipinski definition) is 0. The van der Waals surface area contributed by atoms with Crippen LogP contribution in [0.3, 0.4) is 0 Å². The summed E-state index contributed by atoms with van der Waals surface area (Å²) in [6.07, 6.45) is 5.13. The Balaban J connectivity index is 1.81. The van der Waals surface area contributed by atoms with Crippen LogP contribution in [0.1, 0.15) is 33.1 Å².